The molecule has 4 saturated carbocycles. The molecule has 0 aliphatic heterocycles. The number of Topliss-reactive ketones (excluding diaryl/α,β-unsaturated/α-hetero) is 1. The zero-order valence-corrected chi connectivity index (χ0v) is 17.2. The number of ketones is 1. The standard InChI is InChI=1S/C23H39NO2/c1-22-11-9-17(26-14-4-13-24-3)15-16(22)5-6-18-19-7-8-21(25)23(19,2)12-10-20(18)22/h16-20,24H,4-15H2,1-3H3. The lowest BCUT2D eigenvalue weighted by atomic mass is 9.45. The van der Waals surface area contributed by atoms with Gasteiger partial charge >= 0.3 is 0 Å². The third kappa shape index (κ3) is 2.98. The minimum atomic E-state index is 0.0258. The van der Waals surface area contributed by atoms with E-state index in [9.17, 15) is 4.79 Å². The molecule has 0 aromatic rings. The summed E-state index contributed by atoms with van der Waals surface area (Å²) >= 11 is 0. The fraction of sp³-hybridized carbons (Fsp3) is 0.957. The summed E-state index contributed by atoms with van der Waals surface area (Å²) in [5, 5.41) is 3.21. The minimum absolute atomic E-state index is 0.0258. The Hall–Kier alpha value is -0.410. The second kappa shape index (κ2) is 7.20. The average Bonchev–Trinajstić information content (AvgIpc) is 2.94. The predicted molar refractivity (Wildman–Crippen MR) is 105 cm³/mol. The molecule has 0 saturated heterocycles. The Morgan fingerprint density at radius 1 is 1.08 bits per heavy atom. The van der Waals surface area contributed by atoms with Gasteiger partial charge in [-0.25, -0.2) is 0 Å². The first-order chi connectivity index (χ1) is 12.5. The van der Waals surface area contributed by atoms with Gasteiger partial charge in [-0.05, 0) is 100 Å². The summed E-state index contributed by atoms with van der Waals surface area (Å²) in [5.74, 6) is 3.77. The number of ether oxygens (including phenoxy) is 1. The summed E-state index contributed by atoms with van der Waals surface area (Å²) in [6.45, 7) is 6.86. The van der Waals surface area contributed by atoms with Crippen molar-refractivity contribution in [3.8, 4) is 0 Å². The van der Waals surface area contributed by atoms with Crippen molar-refractivity contribution < 1.29 is 9.53 Å². The van der Waals surface area contributed by atoms with E-state index < -0.39 is 0 Å². The second-order valence-corrected chi connectivity index (χ2v) is 10.3. The van der Waals surface area contributed by atoms with Crippen LogP contribution >= 0.6 is 0 Å². The van der Waals surface area contributed by atoms with Gasteiger partial charge < -0.3 is 10.1 Å². The number of rotatable bonds is 5. The van der Waals surface area contributed by atoms with Crippen LogP contribution in [0.2, 0.25) is 0 Å². The van der Waals surface area contributed by atoms with Crippen molar-refractivity contribution >= 4 is 5.78 Å². The zero-order valence-electron chi connectivity index (χ0n) is 17.2. The van der Waals surface area contributed by atoms with Crippen molar-refractivity contribution in [1.29, 1.82) is 0 Å². The van der Waals surface area contributed by atoms with Crippen molar-refractivity contribution in [1.82, 2.24) is 5.32 Å². The number of carbonyl (C=O) groups excluding carboxylic acids is 1. The lowest BCUT2D eigenvalue weighted by Gasteiger charge is -2.60. The average molecular weight is 362 g/mol. The van der Waals surface area contributed by atoms with E-state index in [1.807, 2.05) is 7.05 Å². The summed E-state index contributed by atoms with van der Waals surface area (Å²) in [6.07, 6.45) is 12.7. The van der Waals surface area contributed by atoms with Crippen LogP contribution in [0.1, 0.15) is 78.1 Å². The maximum absolute atomic E-state index is 12.5. The van der Waals surface area contributed by atoms with Crippen molar-refractivity contribution in [3.05, 3.63) is 0 Å². The van der Waals surface area contributed by atoms with Crippen LogP contribution in [0.15, 0.2) is 0 Å². The third-order valence-corrected chi connectivity index (χ3v) is 9.25. The molecule has 4 aliphatic rings. The van der Waals surface area contributed by atoms with Crippen molar-refractivity contribution in [3.63, 3.8) is 0 Å². The normalized spacial score (nSPS) is 48.0. The summed E-state index contributed by atoms with van der Waals surface area (Å²) in [4.78, 5) is 12.5. The van der Waals surface area contributed by atoms with Crippen LogP contribution in [0, 0.1) is 34.5 Å². The van der Waals surface area contributed by atoms with E-state index in [1.165, 1.54) is 44.9 Å². The smallest absolute Gasteiger partial charge is 0.139 e. The number of carbonyl (C=O) groups is 1. The van der Waals surface area contributed by atoms with Gasteiger partial charge in [-0.1, -0.05) is 13.8 Å². The molecule has 7 unspecified atom stereocenters. The number of nitrogens with one attached hydrogen (secondary N) is 1. The summed E-state index contributed by atoms with van der Waals surface area (Å²) in [7, 11) is 2.01. The van der Waals surface area contributed by atoms with Gasteiger partial charge in [0.15, 0.2) is 0 Å². The third-order valence-electron chi connectivity index (χ3n) is 9.25. The topological polar surface area (TPSA) is 38.3 Å². The Balaban J connectivity index is 1.42. The van der Waals surface area contributed by atoms with E-state index >= 15 is 0 Å². The van der Waals surface area contributed by atoms with E-state index in [1.54, 1.807) is 0 Å². The highest BCUT2D eigenvalue weighted by Crippen LogP contribution is 2.65. The van der Waals surface area contributed by atoms with Crippen molar-refractivity contribution in [2.45, 2.75) is 84.2 Å². The highest BCUT2D eigenvalue weighted by Gasteiger charge is 2.60. The number of fused-ring (bicyclic) bond motifs is 5. The van der Waals surface area contributed by atoms with Crippen LogP contribution in [0.25, 0.3) is 0 Å². The molecule has 4 fully saturated rings. The largest absolute Gasteiger partial charge is 0.378 e. The fourth-order valence-electron chi connectivity index (χ4n) is 7.64. The Morgan fingerprint density at radius 3 is 2.73 bits per heavy atom. The lowest BCUT2D eigenvalue weighted by molar-refractivity contribution is -0.145. The Labute approximate surface area is 160 Å². The van der Waals surface area contributed by atoms with Crippen LogP contribution in [0.3, 0.4) is 0 Å². The van der Waals surface area contributed by atoms with Crippen LogP contribution < -0.4 is 5.32 Å². The SMILES string of the molecule is CNCCCOC1CCC2(C)C(CCC3C4CCC(=O)C4(C)CCC32)C1. The van der Waals surface area contributed by atoms with Gasteiger partial charge in [-0.2, -0.15) is 0 Å². The first-order valence-corrected chi connectivity index (χ1v) is 11.3. The summed E-state index contributed by atoms with van der Waals surface area (Å²) in [5.41, 5.74) is 0.526. The molecule has 148 valence electrons. The van der Waals surface area contributed by atoms with Gasteiger partial charge in [0, 0.05) is 18.4 Å². The van der Waals surface area contributed by atoms with Gasteiger partial charge in [0.05, 0.1) is 6.10 Å². The molecule has 0 heterocycles. The molecule has 0 aromatic carbocycles. The van der Waals surface area contributed by atoms with E-state index in [2.05, 4.69) is 19.2 Å². The monoisotopic (exact) mass is 361 g/mol. The highest BCUT2D eigenvalue weighted by atomic mass is 16.5. The van der Waals surface area contributed by atoms with Gasteiger partial charge in [-0.15, -0.1) is 0 Å². The molecule has 0 amide bonds. The van der Waals surface area contributed by atoms with Crippen LogP contribution in [0.5, 0.6) is 0 Å². The maximum atomic E-state index is 12.5. The van der Waals surface area contributed by atoms with Gasteiger partial charge in [0.2, 0.25) is 0 Å². The van der Waals surface area contributed by atoms with Gasteiger partial charge in [0.25, 0.3) is 0 Å². The van der Waals surface area contributed by atoms with E-state index in [0.717, 1.165) is 50.2 Å². The second-order valence-electron chi connectivity index (χ2n) is 10.3. The molecule has 0 radical (unpaired) electrons. The Morgan fingerprint density at radius 2 is 1.92 bits per heavy atom. The van der Waals surface area contributed by atoms with Crippen molar-refractivity contribution in [2.24, 2.45) is 34.5 Å². The Bertz CT molecular complexity index is 534. The molecule has 26 heavy (non-hydrogen) atoms. The molecule has 7 atom stereocenters. The van der Waals surface area contributed by atoms with Gasteiger partial charge in [0.1, 0.15) is 5.78 Å². The molecule has 4 rings (SSSR count). The number of hydrogen-bond acceptors (Lipinski definition) is 3. The van der Waals surface area contributed by atoms with Crippen LogP contribution in [-0.2, 0) is 9.53 Å². The molecular weight excluding hydrogens is 322 g/mol. The minimum Gasteiger partial charge on any atom is -0.378 e. The molecule has 0 bridgehead atoms. The molecule has 4 aliphatic carbocycles. The molecule has 3 heteroatoms. The molecule has 0 spiro atoms. The lowest BCUT2D eigenvalue weighted by Crippen LogP contribution is -2.54. The van der Waals surface area contributed by atoms with Crippen LogP contribution in [-0.4, -0.2) is 32.1 Å². The van der Waals surface area contributed by atoms with Gasteiger partial charge in [-0.3, -0.25) is 4.79 Å². The number of hydrogen-bond donors (Lipinski definition) is 1. The molecule has 1 N–H and O–H groups in total. The van der Waals surface area contributed by atoms with E-state index in [4.69, 9.17) is 4.74 Å². The summed E-state index contributed by atoms with van der Waals surface area (Å²) in [6, 6.07) is 0. The predicted octanol–water partition coefficient (Wildman–Crippen LogP) is 4.59. The van der Waals surface area contributed by atoms with E-state index in [-0.39, 0.29) is 5.41 Å². The fourth-order valence-corrected chi connectivity index (χ4v) is 7.64. The first-order valence-electron chi connectivity index (χ1n) is 11.3. The zero-order chi connectivity index (χ0) is 18.4. The maximum Gasteiger partial charge on any atom is 0.139 e. The van der Waals surface area contributed by atoms with Crippen molar-refractivity contribution in [2.75, 3.05) is 20.2 Å². The summed E-state index contributed by atoms with van der Waals surface area (Å²) < 4.78 is 6.23. The van der Waals surface area contributed by atoms with Crippen LogP contribution in [0.4, 0.5) is 0 Å². The molecular formula is C23H39NO2. The van der Waals surface area contributed by atoms with E-state index in [0.29, 0.717) is 23.2 Å². The quantitative estimate of drug-likeness (QED) is 0.728. The first kappa shape index (κ1) is 18.9. The highest BCUT2D eigenvalue weighted by molar-refractivity contribution is 5.87. The Kier molecular flexibility index (Phi) is 5.24. The molecule has 0 aromatic heterocycles. The molecule has 3 nitrogen and oxygen atoms in total.